The topological polar surface area (TPSA) is 160 Å². The van der Waals surface area contributed by atoms with E-state index in [0.29, 0.717) is 22.7 Å². The molecule has 0 radical (unpaired) electrons. The molecule has 3 aromatic heterocycles. The molecule has 184 valence electrons. The van der Waals surface area contributed by atoms with Gasteiger partial charge in [0.15, 0.2) is 5.75 Å². The number of phenolic OH excluding ortho intramolecular Hbond substituents is 1. The van der Waals surface area contributed by atoms with Crippen LogP contribution >= 0.6 is 0 Å². The number of carboxylic acid groups (broad SMARTS) is 1. The van der Waals surface area contributed by atoms with Crippen LogP contribution in [-0.2, 0) is 6.42 Å². The van der Waals surface area contributed by atoms with Gasteiger partial charge in [0.25, 0.3) is 0 Å². The number of aromatic carboxylic acids is 1. The van der Waals surface area contributed by atoms with Crippen LogP contribution in [0.4, 0.5) is 0 Å². The van der Waals surface area contributed by atoms with E-state index in [4.69, 9.17) is 4.42 Å². The minimum Gasteiger partial charge on any atom is -0.508 e. The fourth-order valence-corrected chi connectivity index (χ4v) is 4.52. The molecule has 2 aromatic carbocycles. The van der Waals surface area contributed by atoms with Crippen molar-refractivity contribution in [3.63, 3.8) is 0 Å². The third-order valence-corrected chi connectivity index (χ3v) is 6.48. The molecule has 1 atom stereocenters. The van der Waals surface area contributed by atoms with Crippen LogP contribution < -0.4 is 0 Å². The van der Waals surface area contributed by atoms with Gasteiger partial charge in [-0.2, -0.15) is 0 Å². The molecule has 9 nitrogen and oxygen atoms in total. The third-order valence-electron chi connectivity index (χ3n) is 6.48. The molecular weight excluding hydrogens is 464 g/mol. The summed E-state index contributed by atoms with van der Waals surface area (Å²) >= 11 is 0. The number of nitrogens with one attached hydrogen (secondary N) is 2. The van der Waals surface area contributed by atoms with Crippen LogP contribution in [0.2, 0.25) is 0 Å². The Morgan fingerprint density at radius 2 is 1.83 bits per heavy atom. The van der Waals surface area contributed by atoms with E-state index in [1.165, 1.54) is 24.5 Å². The number of carbonyl (C=O) groups excluding carboxylic acids is 1. The molecule has 3 heterocycles. The number of carboxylic acids is 1. The van der Waals surface area contributed by atoms with E-state index in [2.05, 4.69) is 9.97 Å². The van der Waals surface area contributed by atoms with Crippen LogP contribution in [0.15, 0.2) is 53.2 Å². The number of ketones is 1. The SMILES string of the molecule is CC(CO)CCc1cccc2c(C(=O)c3oc(C(=O)O)c(-c4c[nH]c5ccc(O)cc45)c3O)c[nH]c12. The second-order valence-electron chi connectivity index (χ2n) is 8.92. The first-order valence-corrected chi connectivity index (χ1v) is 11.4. The number of rotatable bonds is 8. The first-order chi connectivity index (χ1) is 17.3. The van der Waals surface area contributed by atoms with Gasteiger partial charge in [0.1, 0.15) is 5.75 Å². The summed E-state index contributed by atoms with van der Waals surface area (Å²) in [7, 11) is 0. The molecule has 1 unspecified atom stereocenters. The summed E-state index contributed by atoms with van der Waals surface area (Å²) in [5.41, 5.74) is 2.68. The number of benzene rings is 2. The monoisotopic (exact) mass is 488 g/mol. The lowest BCUT2D eigenvalue weighted by Crippen LogP contribution is -2.02. The van der Waals surface area contributed by atoms with Gasteiger partial charge in [0, 0.05) is 46.4 Å². The summed E-state index contributed by atoms with van der Waals surface area (Å²) in [6.07, 6.45) is 4.46. The molecule has 0 amide bonds. The van der Waals surface area contributed by atoms with Crippen molar-refractivity contribution in [2.45, 2.75) is 19.8 Å². The molecule has 0 saturated carbocycles. The number of fused-ring (bicyclic) bond motifs is 2. The predicted octanol–water partition coefficient (Wildman–Crippen LogP) is 4.81. The van der Waals surface area contributed by atoms with Gasteiger partial charge in [-0.05, 0) is 42.5 Å². The highest BCUT2D eigenvalue weighted by Crippen LogP contribution is 2.43. The van der Waals surface area contributed by atoms with E-state index in [1.807, 2.05) is 19.1 Å². The number of aliphatic hydroxyl groups excluding tert-OH is 1. The first-order valence-electron chi connectivity index (χ1n) is 11.4. The Hall–Kier alpha value is -4.50. The Kier molecular flexibility index (Phi) is 5.77. The summed E-state index contributed by atoms with van der Waals surface area (Å²) in [4.78, 5) is 31.6. The van der Waals surface area contributed by atoms with E-state index in [1.54, 1.807) is 12.1 Å². The van der Waals surface area contributed by atoms with Gasteiger partial charge in [-0.15, -0.1) is 0 Å². The van der Waals surface area contributed by atoms with Crippen molar-refractivity contribution in [2.24, 2.45) is 5.92 Å². The van der Waals surface area contributed by atoms with Crippen LogP contribution in [0.5, 0.6) is 11.5 Å². The number of aromatic hydroxyl groups is 2. The van der Waals surface area contributed by atoms with Gasteiger partial charge in [-0.25, -0.2) is 4.79 Å². The van der Waals surface area contributed by atoms with Crippen LogP contribution in [0.3, 0.4) is 0 Å². The zero-order chi connectivity index (χ0) is 25.6. The molecule has 0 spiro atoms. The smallest absolute Gasteiger partial charge is 0.372 e. The Labute approximate surface area is 204 Å². The van der Waals surface area contributed by atoms with E-state index < -0.39 is 29.0 Å². The van der Waals surface area contributed by atoms with Gasteiger partial charge >= 0.3 is 5.97 Å². The first kappa shape index (κ1) is 23.3. The van der Waals surface area contributed by atoms with Crippen LogP contribution in [0, 0.1) is 5.92 Å². The minimum absolute atomic E-state index is 0.0394. The van der Waals surface area contributed by atoms with Crippen molar-refractivity contribution in [3.8, 4) is 22.6 Å². The third kappa shape index (κ3) is 3.79. The van der Waals surface area contributed by atoms with E-state index in [9.17, 15) is 30.0 Å². The zero-order valence-corrected chi connectivity index (χ0v) is 19.3. The Bertz CT molecular complexity index is 1620. The number of carbonyl (C=O) groups is 2. The number of aromatic nitrogens is 2. The van der Waals surface area contributed by atoms with Gasteiger partial charge in [-0.3, -0.25) is 4.79 Å². The largest absolute Gasteiger partial charge is 0.508 e. The van der Waals surface area contributed by atoms with Gasteiger partial charge in [-0.1, -0.05) is 25.1 Å². The Balaban J connectivity index is 1.60. The average Bonchev–Trinajstić information content (AvgIpc) is 3.57. The Morgan fingerprint density at radius 3 is 2.58 bits per heavy atom. The second kappa shape index (κ2) is 8.94. The maximum atomic E-state index is 13.5. The molecule has 0 bridgehead atoms. The molecule has 5 rings (SSSR count). The summed E-state index contributed by atoms with van der Waals surface area (Å²) in [6, 6.07) is 10.0. The summed E-state index contributed by atoms with van der Waals surface area (Å²) in [5.74, 6) is -3.69. The Morgan fingerprint density at radius 1 is 1.03 bits per heavy atom. The molecule has 0 saturated heterocycles. The van der Waals surface area contributed by atoms with Crippen molar-refractivity contribution in [2.75, 3.05) is 6.61 Å². The molecule has 0 aliphatic carbocycles. The lowest BCUT2D eigenvalue weighted by molar-refractivity contribution is 0.0661. The fourth-order valence-electron chi connectivity index (χ4n) is 4.52. The molecule has 0 aliphatic rings. The number of furan rings is 1. The summed E-state index contributed by atoms with van der Waals surface area (Å²) in [5, 5.41) is 41.1. The van der Waals surface area contributed by atoms with E-state index in [0.717, 1.165) is 17.5 Å². The number of phenols is 1. The van der Waals surface area contributed by atoms with Crippen LogP contribution in [0.25, 0.3) is 32.9 Å². The number of aromatic amines is 2. The highest BCUT2D eigenvalue weighted by atomic mass is 16.4. The van der Waals surface area contributed by atoms with Crippen molar-refractivity contribution in [1.82, 2.24) is 9.97 Å². The number of hydrogen-bond donors (Lipinski definition) is 6. The average molecular weight is 488 g/mol. The molecule has 0 fully saturated rings. The summed E-state index contributed by atoms with van der Waals surface area (Å²) < 4.78 is 5.45. The molecule has 36 heavy (non-hydrogen) atoms. The van der Waals surface area contributed by atoms with Gasteiger partial charge in [0.05, 0.1) is 11.1 Å². The highest BCUT2D eigenvalue weighted by Gasteiger charge is 2.32. The van der Waals surface area contributed by atoms with Crippen molar-refractivity contribution >= 4 is 33.6 Å². The van der Waals surface area contributed by atoms with Crippen molar-refractivity contribution in [3.05, 3.63) is 71.4 Å². The molecule has 6 N–H and O–H groups in total. The molecular formula is C27H24N2O7. The molecule has 9 heteroatoms. The fraction of sp³-hybridized carbons (Fsp3) is 0.185. The lowest BCUT2D eigenvalue weighted by atomic mass is 9.98. The van der Waals surface area contributed by atoms with Crippen LogP contribution in [-0.4, -0.2) is 48.8 Å². The number of hydrogen-bond acceptors (Lipinski definition) is 6. The number of H-pyrrole nitrogens is 2. The normalized spacial score (nSPS) is 12.4. The maximum Gasteiger partial charge on any atom is 0.372 e. The standard InChI is InChI=1S/C27H24N2O7/c1-13(12-30)5-6-14-3-2-4-16-19(11-29-22(14)16)23(32)26-24(33)21(25(36-26)27(34)35)18-10-28-20-8-7-15(31)9-17(18)20/h2-4,7-11,13,28-31,33H,5-6,12H2,1H3,(H,34,35). The summed E-state index contributed by atoms with van der Waals surface area (Å²) in [6.45, 7) is 2.04. The van der Waals surface area contributed by atoms with E-state index >= 15 is 0 Å². The highest BCUT2D eigenvalue weighted by molar-refractivity contribution is 6.18. The van der Waals surface area contributed by atoms with Gasteiger partial charge < -0.3 is 34.8 Å². The van der Waals surface area contributed by atoms with Crippen molar-refractivity contribution in [1.29, 1.82) is 0 Å². The quantitative estimate of drug-likeness (QED) is 0.171. The van der Waals surface area contributed by atoms with Gasteiger partial charge in [0.2, 0.25) is 17.3 Å². The number of para-hydroxylation sites is 1. The van der Waals surface area contributed by atoms with E-state index in [-0.39, 0.29) is 35.0 Å². The minimum atomic E-state index is -1.45. The van der Waals surface area contributed by atoms with Crippen LogP contribution in [0.1, 0.15) is 45.6 Å². The molecule has 5 aromatic rings. The zero-order valence-electron chi connectivity index (χ0n) is 19.3. The maximum absolute atomic E-state index is 13.5. The number of aryl methyl sites for hydroxylation is 1. The number of aliphatic hydroxyl groups is 1. The van der Waals surface area contributed by atoms with Crippen molar-refractivity contribution < 1.29 is 34.4 Å². The predicted molar refractivity (Wildman–Crippen MR) is 133 cm³/mol. The lowest BCUT2D eigenvalue weighted by Gasteiger charge is -2.08. The molecule has 0 aliphatic heterocycles. The second-order valence-corrected chi connectivity index (χ2v) is 8.92.